The second-order valence-corrected chi connectivity index (χ2v) is 9.71. The summed E-state index contributed by atoms with van der Waals surface area (Å²) in [5, 5.41) is 14.6. The molecule has 2 unspecified atom stereocenters. The van der Waals surface area contributed by atoms with Crippen LogP contribution in [-0.2, 0) is 35.3 Å². The van der Waals surface area contributed by atoms with Gasteiger partial charge in [-0.25, -0.2) is 4.79 Å². The van der Waals surface area contributed by atoms with Crippen molar-refractivity contribution in [2.24, 2.45) is 0 Å². The summed E-state index contributed by atoms with van der Waals surface area (Å²) in [5.74, 6) is -1.83. The van der Waals surface area contributed by atoms with Gasteiger partial charge in [0.05, 0.1) is 4.92 Å². The molecule has 2 aliphatic rings. The first-order valence-corrected chi connectivity index (χ1v) is 12.8. The maximum absolute atomic E-state index is 13.2. The molecule has 2 aliphatic heterocycles. The number of carbonyl (C=O) groups excluding carboxylic acids is 4. The van der Waals surface area contributed by atoms with Crippen molar-refractivity contribution in [3.8, 4) is 5.75 Å². The average Bonchev–Trinajstić information content (AvgIpc) is 2.92. The van der Waals surface area contributed by atoms with Crippen molar-refractivity contribution in [2.75, 3.05) is 6.61 Å². The minimum Gasteiger partial charge on any atom is -0.484 e. The molecule has 12 nitrogen and oxygen atoms in total. The Hall–Kier alpha value is -4.39. The van der Waals surface area contributed by atoms with E-state index in [-0.39, 0.29) is 18.9 Å². The van der Waals surface area contributed by atoms with Crippen LogP contribution in [0.4, 0.5) is 5.69 Å². The third kappa shape index (κ3) is 6.37. The van der Waals surface area contributed by atoms with Crippen LogP contribution in [0.1, 0.15) is 19.4 Å². The number of thioether (sulfide) groups is 1. The maximum Gasteiger partial charge on any atom is 0.333 e. The normalized spacial score (nSPS) is 20.5. The predicted molar refractivity (Wildman–Crippen MR) is 138 cm³/mol. The molecular weight excluding hydrogens is 530 g/mol. The molecule has 4 rings (SSSR count). The zero-order valence-electron chi connectivity index (χ0n) is 21.0. The second kappa shape index (κ2) is 12.0. The van der Waals surface area contributed by atoms with Crippen molar-refractivity contribution in [3.63, 3.8) is 0 Å². The molecule has 39 heavy (non-hydrogen) atoms. The third-order valence-electron chi connectivity index (χ3n) is 6.01. The molecule has 0 aliphatic carbocycles. The minimum atomic E-state index is -1.19. The number of fused-ring (bicyclic) bond motifs is 1. The van der Waals surface area contributed by atoms with Gasteiger partial charge in [0, 0.05) is 24.6 Å². The number of rotatable bonds is 10. The van der Waals surface area contributed by atoms with Gasteiger partial charge in [0.25, 0.3) is 11.6 Å². The molecule has 2 aromatic carbocycles. The molecule has 1 N–H and O–H groups in total. The Labute approximate surface area is 227 Å². The maximum atomic E-state index is 13.2. The quantitative estimate of drug-likeness (QED) is 0.200. The van der Waals surface area contributed by atoms with Crippen LogP contribution in [0.3, 0.4) is 0 Å². The van der Waals surface area contributed by atoms with E-state index in [1.165, 1.54) is 47.9 Å². The van der Waals surface area contributed by atoms with Gasteiger partial charge in [-0.3, -0.25) is 24.5 Å². The molecule has 13 heteroatoms. The van der Waals surface area contributed by atoms with Gasteiger partial charge < -0.3 is 24.4 Å². The van der Waals surface area contributed by atoms with E-state index in [9.17, 15) is 29.3 Å². The Bertz CT molecular complexity index is 1300. The lowest BCUT2D eigenvalue weighted by Crippen LogP contribution is -2.74. The highest BCUT2D eigenvalue weighted by Gasteiger charge is 2.57. The number of β-lactam (4-membered cyclic amide) rings is 1. The van der Waals surface area contributed by atoms with Crippen molar-refractivity contribution in [2.45, 2.75) is 44.0 Å². The summed E-state index contributed by atoms with van der Waals surface area (Å²) in [6.45, 7) is 2.32. The number of amides is 2. The second-order valence-electron chi connectivity index (χ2n) is 8.72. The fourth-order valence-electron chi connectivity index (χ4n) is 4.12. The van der Waals surface area contributed by atoms with Crippen LogP contribution in [0, 0.1) is 10.1 Å². The molecule has 0 bridgehead atoms. The number of esters is 2. The zero-order chi connectivity index (χ0) is 28.1. The molecule has 2 aromatic rings. The van der Waals surface area contributed by atoms with E-state index >= 15 is 0 Å². The molecule has 0 aromatic heterocycles. The Balaban J connectivity index is 1.45. The van der Waals surface area contributed by atoms with E-state index in [1.54, 1.807) is 36.6 Å². The minimum absolute atomic E-state index is 0.105. The lowest BCUT2D eigenvalue weighted by Gasteiger charge is -2.52. The summed E-state index contributed by atoms with van der Waals surface area (Å²) < 4.78 is 16.2. The Morgan fingerprint density at radius 1 is 1.13 bits per heavy atom. The highest BCUT2D eigenvalue weighted by atomic mass is 32.2. The number of hydrogen-bond donors (Lipinski definition) is 1. The molecule has 1 fully saturated rings. The van der Waals surface area contributed by atoms with E-state index in [0.717, 1.165) is 0 Å². The molecule has 1 saturated heterocycles. The number of nitro benzene ring substituents is 1. The molecule has 4 atom stereocenters. The number of nitro groups is 1. The van der Waals surface area contributed by atoms with Crippen LogP contribution >= 0.6 is 11.8 Å². The highest BCUT2D eigenvalue weighted by molar-refractivity contribution is 8.03. The third-order valence-corrected chi connectivity index (χ3v) is 7.20. The lowest BCUT2D eigenvalue weighted by molar-refractivity contribution is -0.384. The van der Waals surface area contributed by atoms with E-state index in [4.69, 9.17) is 14.2 Å². The van der Waals surface area contributed by atoms with Crippen molar-refractivity contribution >= 4 is 41.2 Å². The Morgan fingerprint density at radius 3 is 2.46 bits per heavy atom. The smallest absolute Gasteiger partial charge is 0.333 e. The number of hydrogen-bond acceptors (Lipinski definition) is 10. The lowest BCUT2D eigenvalue weighted by atomic mass is 9.95. The molecule has 204 valence electrons. The number of carbonyl (C=O) groups is 4. The zero-order valence-corrected chi connectivity index (χ0v) is 21.8. The summed E-state index contributed by atoms with van der Waals surface area (Å²) in [6, 6.07) is 12.2. The van der Waals surface area contributed by atoms with E-state index in [1.807, 2.05) is 6.07 Å². The Kier molecular flexibility index (Phi) is 8.49. The van der Waals surface area contributed by atoms with Crippen LogP contribution in [-0.4, -0.2) is 63.7 Å². The van der Waals surface area contributed by atoms with Gasteiger partial charge in [-0.1, -0.05) is 18.2 Å². The van der Waals surface area contributed by atoms with Gasteiger partial charge in [-0.2, -0.15) is 0 Å². The summed E-state index contributed by atoms with van der Waals surface area (Å²) in [6.07, 6.45) is -0.825. The monoisotopic (exact) mass is 555 g/mol. The number of non-ortho nitro benzene ring substituents is 1. The van der Waals surface area contributed by atoms with Gasteiger partial charge in [-0.15, -0.1) is 11.8 Å². The summed E-state index contributed by atoms with van der Waals surface area (Å²) >= 11 is 1.21. The van der Waals surface area contributed by atoms with Crippen LogP contribution in [0.5, 0.6) is 5.75 Å². The van der Waals surface area contributed by atoms with Gasteiger partial charge in [0.15, 0.2) is 12.6 Å². The molecule has 0 saturated carbocycles. The standard InChI is InChI=1S/C26H25N3O9S/c1-15(38-16(2)30)20-14-39-25-22(27-21(31)13-36-19-6-4-3-5-7-19)24(32)28(25)23(20)26(33)37-12-17-8-10-18(11-9-17)29(34)35/h3-11,14-15,22-23,25H,12-13H2,1-2H3,(H,27,31)/t15?,22-,23?,25-/m1/s1. The molecule has 2 heterocycles. The van der Waals surface area contributed by atoms with Gasteiger partial charge >= 0.3 is 11.9 Å². The van der Waals surface area contributed by atoms with Crippen molar-refractivity contribution in [1.82, 2.24) is 10.2 Å². The fourth-order valence-corrected chi connectivity index (χ4v) is 5.44. The Morgan fingerprint density at radius 2 is 1.82 bits per heavy atom. The van der Waals surface area contributed by atoms with Crippen LogP contribution in [0.15, 0.2) is 65.6 Å². The van der Waals surface area contributed by atoms with Gasteiger partial charge in [0.1, 0.15) is 29.9 Å². The topological polar surface area (TPSA) is 154 Å². The number of para-hydroxylation sites is 1. The molecule has 0 spiro atoms. The number of ether oxygens (including phenoxy) is 3. The van der Waals surface area contributed by atoms with Crippen molar-refractivity contribution < 1.29 is 38.3 Å². The molecule has 0 radical (unpaired) electrons. The molecule has 2 amide bonds. The SMILES string of the molecule is CC(=O)OC(C)C1=CS[C@@H]2[C@H](NC(=O)COc3ccccc3)C(=O)N2C1C(=O)OCc1ccc([N+](=O)[O-])cc1. The van der Waals surface area contributed by atoms with E-state index in [0.29, 0.717) is 16.9 Å². The summed E-state index contributed by atoms with van der Waals surface area (Å²) in [5.41, 5.74) is 0.754. The number of benzene rings is 2. The molecular formula is C26H25N3O9S. The first-order valence-electron chi connectivity index (χ1n) is 11.9. The summed E-state index contributed by atoms with van der Waals surface area (Å²) in [7, 11) is 0. The van der Waals surface area contributed by atoms with Crippen LogP contribution in [0.25, 0.3) is 0 Å². The highest BCUT2D eigenvalue weighted by Crippen LogP contribution is 2.41. The van der Waals surface area contributed by atoms with Crippen molar-refractivity contribution in [1.29, 1.82) is 0 Å². The number of nitrogens with one attached hydrogen (secondary N) is 1. The van der Waals surface area contributed by atoms with Gasteiger partial charge in [0.2, 0.25) is 5.91 Å². The predicted octanol–water partition coefficient (Wildman–Crippen LogP) is 2.32. The van der Waals surface area contributed by atoms with E-state index in [2.05, 4.69) is 5.32 Å². The van der Waals surface area contributed by atoms with Crippen LogP contribution < -0.4 is 10.1 Å². The largest absolute Gasteiger partial charge is 0.484 e. The van der Waals surface area contributed by atoms with Gasteiger partial charge in [-0.05, 0) is 42.2 Å². The van der Waals surface area contributed by atoms with Crippen molar-refractivity contribution in [3.05, 3.63) is 81.3 Å². The first-order chi connectivity index (χ1) is 18.7. The fraction of sp³-hybridized carbons (Fsp3) is 0.308. The van der Waals surface area contributed by atoms with E-state index < -0.39 is 52.2 Å². The summed E-state index contributed by atoms with van der Waals surface area (Å²) in [4.78, 5) is 62.0. The van der Waals surface area contributed by atoms with Crippen LogP contribution in [0.2, 0.25) is 0 Å². The average molecular weight is 556 g/mol. The number of nitrogens with zero attached hydrogens (tertiary/aromatic N) is 2. The first kappa shape index (κ1) is 27.6.